The van der Waals surface area contributed by atoms with Gasteiger partial charge < -0.3 is 22.1 Å². The van der Waals surface area contributed by atoms with Gasteiger partial charge in [0.2, 0.25) is 5.95 Å². The number of carbonyl (C=O) groups is 1. The van der Waals surface area contributed by atoms with Crippen LogP contribution in [0.4, 0.5) is 28.7 Å². The lowest BCUT2D eigenvalue weighted by atomic mass is 10.1. The third kappa shape index (κ3) is 5.37. The van der Waals surface area contributed by atoms with Crippen molar-refractivity contribution in [2.24, 2.45) is 0 Å². The van der Waals surface area contributed by atoms with Gasteiger partial charge in [-0.15, -0.1) is 0 Å². The molecule has 2 aromatic heterocycles. The summed E-state index contributed by atoms with van der Waals surface area (Å²) in [4.78, 5) is 26.4. The maximum atomic E-state index is 12.8. The minimum absolute atomic E-state index is 0.189. The number of benzene rings is 3. The smallest absolute Gasteiger partial charge is 0.255 e. The van der Waals surface area contributed by atoms with Crippen LogP contribution in [0.25, 0.3) is 10.9 Å². The topological polar surface area (TPSA) is 132 Å². The zero-order valence-electron chi connectivity index (χ0n) is 19.4. The number of nitrogens with two attached hydrogens (primary N) is 2. The number of hydrogen-bond donors (Lipinski definition) is 4. The molecule has 36 heavy (non-hydrogen) atoms. The quantitative estimate of drug-likeness (QED) is 0.176. The highest BCUT2D eigenvalue weighted by atomic mass is 32.2. The summed E-state index contributed by atoms with van der Waals surface area (Å²) in [6.45, 7) is 1.88. The van der Waals surface area contributed by atoms with Crippen LogP contribution in [0.2, 0.25) is 0 Å². The van der Waals surface area contributed by atoms with Gasteiger partial charge in [0.15, 0.2) is 0 Å². The van der Waals surface area contributed by atoms with Crippen molar-refractivity contribution in [3.05, 3.63) is 96.3 Å². The van der Waals surface area contributed by atoms with Gasteiger partial charge in [0.1, 0.15) is 5.03 Å². The van der Waals surface area contributed by atoms with Gasteiger partial charge in [0.05, 0.1) is 5.52 Å². The number of amides is 1. The van der Waals surface area contributed by atoms with E-state index in [9.17, 15) is 4.79 Å². The Morgan fingerprint density at radius 3 is 2.36 bits per heavy atom. The molecule has 0 radical (unpaired) electrons. The minimum atomic E-state index is -0.189. The summed E-state index contributed by atoms with van der Waals surface area (Å²) in [6.07, 6.45) is 1.74. The standard InChI is InChI=1S/C27H23N7OS/c1-16-14-25(34-27(29)31-16)36-21-9-7-20(8-10-21)33-26(35)17-2-5-19(6-3-17)32-23-12-13-30-24-15-18(28)4-11-22(23)24/h2-15H,28H2,1H3,(H,30,32)(H,33,35)(H2,29,31,34). The second-order valence-corrected chi connectivity index (χ2v) is 9.22. The minimum Gasteiger partial charge on any atom is -0.399 e. The van der Waals surface area contributed by atoms with Crippen molar-refractivity contribution in [1.29, 1.82) is 0 Å². The monoisotopic (exact) mass is 493 g/mol. The Bertz CT molecular complexity index is 1530. The van der Waals surface area contributed by atoms with Crippen molar-refractivity contribution in [3.63, 3.8) is 0 Å². The molecule has 0 bridgehead atoms. The van der Waals surface area contributed by atoms with Crippen LogP contribution in [0.1, 0.15) is 16.1 Å². The van der Waals surface area contributed by atoms with Gasteiger partial charge in [-0.3, -0.25) is 9.78 Å². The Kier molecular flexibility index (Phi) is 6.38. The molecule has 0 saturated heterocycles. The number of nitrogen functional groups attached to an aromatic ring is 2. The van der Waals surface area contributed by atoms with Gasteiger partial charge in [-0.05, 0) is 85.8 Å². The van der Waals surface area contributed by atoms with Crippen LogP contribution in [-0.4, -0.2) is 20.9 Å². The van der Waals surface area contributed by atoms with Crippen LogP contribution >= 0.6 is 11.8 Å². The summed E-state index contributed by atoms with van der Waals surface area (Å²) in [6, 6.07) is 24.3. The van der Waals surface area contributed by atoms with Crippen LogP contribution in [0.15, 0.2) is 95.0 Å². The van der Waals surface area contributed by atoms with Gasteiger partial charge >= 0.3 is 0 Å². The molecule has 0 atom stereocenters. The molecule has 0 fully saturated rings. The van der Waals surface area contributed by atoms with Crippen LogP contribution in [0, 0.1) is 6.92 Å². The van der Waals surface area contributed by atoms with Crippen LogP contribution in [-0.2, 0) is 0 Å². The molecule has 0 unspecified atom stereocenters. The molecule has 0 aliphatic rings. The van der Waals surface area contributed by atoms with E-state index in [0.717, 1.165) is 37.9 Å². The molecule has 0 aliphatic carbocycles. The largest absolute Gasteiger partial charge is 0.399 e. The number of nitrogens with one attached hydrogen (secondary N) is 2. The van der Waals surface area contributed by atoms with Crippen LogP contribution in [0.5, 0.6) is 0 Å². The fraction of sp³-hybridized carbons (Fsp3) is 0.0370. The predicted octanol–water partition coefficient (Wildman–Crippen LogP) is 5.64. The lowest BCUT2D eigenvalue weighted by Gasteiger charge is -2.11. The molecule has 0 saturated carbocycles. The lowest BCUT2D eigenvalue weighted by molar-refractivity contribution is 0.102. The number of fused-ring (bicyclic) bond motifs is 1. The molecule has 1 amide bonds. The fourth-order valence-corrected chi connectivity index (χ4v) is 4.56. The fourth-order valence-electron chi connectivity index (χ4n) is 3.68. The molecule has 9 heteroatoms. The first kappa shape index (κ1) is 23.1. The lowest BCUT2D eigenvalue weighted by Crippen LogP contribution is -2.11. The van der Waals surface area contributed by atoms with Gasteiger partial charge in [-0.1, -0.05) is 11.8 Å². The average Bonchev–Trinajstić information content (AvgIpc) is 2.85. The molecule has 3 aromatic carbocycles. The first-order valence-corrected chi connectivity index (χ1v) is 12.0. The van der Waals surface area contributed by atoms with Gasteiger partial charge in [0.25, 0.3) is 5.91 Å². The summed E-state index contributed by atoms with van der Waals surface area (Å²) < 4.78 is 0. The van der Waals surface area contributed by atoms with Crippen molar-refractivity contribution in [1.82, 2.24) is 15.0 Å². The Labute approximate surface area is 212 Å². The summed E-state index contributed by atoms with van der Waals surface area (Å²) >= 11 is 1.48. The van der Waals surface area contributed by atoms with Crippen molar-refractivity contribution < 1.29 is 4.79 Å². The van der Waals surface area contributed by atoms with E-state index in [1.807, 2.05) is 73.7 Å². The van der Waals surface area contributed by atoms with E-state index < -0.39 is 0 Å². The second-order valence-electron chi connectivity index (χ2n) is 8.12. The Hall–Kier alpha value is -4.63. The maximum absolute atomic E-state index is 12.8. The number of aryl methyl sites for hydroxylation is 1. The Balaban J connectivity index is 1.23. The van der Waals surface area contributed by atoms with E-state index in [4.69, 9.17) is 11.5 Å². The summed E-state index contributed by atoms with van der Waals surface area (Å²) in [7, 11) is 0. The van der Waals surface area contributed by atoms with Crippen LogP contribution < -0.4 is 22.1 Å². The van der Waals surface area contributed by atoms with Crippen molar-refractivity contribution in [2.45, 2.75) is 16.8 Å². The third-order valence-electron chi connectivity index (χ3n) is 5.38. The molecule has 8 nitrogen and oxygen atoms in total. The number of rotatable bonds is 6. The van der Waals surface area contributed by atoms with Crippen molar-refractivity contribution >= 4 is 57.3 Å². The molecular formula is C27H23N7OS. The van der Waals surface area contributed by atoms with Crippen molar-refractivity contribution in [2.75, 3.05) is 22.1 Å². The molecule has 5 aromatic rings. The average molecular weight is 494 g/mol. The first-order valence-electron chi connectivity index (χ1n) is 11.1. The van der Waals surface area contributed by atoms with E-state index in [0.29, 0.717) is 16.9 Å². The highest BCUT2D eigenvalue weighted by molar-refractivity contribution is 7.99. The van der Waals surface area contributed by atoms with Crippen LogP contribution in [0.3, 0.4) is 0 Å². The van der Waals surface area contributed by atoms with Gasteiger partial charge in [-0.25, -0.2) is 9.97 Å². The number of aromatic nitrogens is 3. The second kappa shape index (κ2) is 9.93. The molecule has 178 valence electrons. The number of carbonyl (C=O) groups excluding carboxylic acids is 1. The first-order chi connectivity index (χ1) is 17.4. The van der Waals surface area contributed by atoms with Gasteiger partial charge in [-0.2, -0.15) is 0 Å². The number of hydrogen-bond acceptors (Lipinski definition) is 8. The van der Waals surface area contributed by atoms with E-state index in [2.05, 4.69) is 25.6 Å². The highest BCUT2D eigenvalue weighted by Crippen LogP contribution is 2.29. The van der Waals surface area contributed by atoms with Gasteiger partial charge in [0, 0.05) is 50.5 Å². The summed E-state index contributed by atoms with van der Waals surface area (Å²) in [5.74, 6) is 0.0629. The van der Waals surface area contributed by atoms with E-state index in [1.165, 1.54) is 11.8 Å². The molecule has 0 spiro atoms. The molecule has 6 N–H and O–H groups in total. The van der Waals surface area contributed by atoms with E-state index >= 15 is 0 Å². The number of nitrogens with zero attached hydrogens (tertiary/aromatic N) is 3. The Morgan fingerprint density at radius 2 is 1.61 bits per heavy atom. The predicted molar refractivity (Wildman–Crippen MR) is 146 cm³/mol. The zero-order chi connectivity index (χ0) is 25.1. The van der Waals surface area contributed by atoms with E-state index in [1.54, 1.807) is 18.3 Å². The summed E-state index contributed by atoms with van der Waals surface area (Å²) in [5.41, 5.74) is 16.9. The van der Waals surface area contributed by atoms with Crippen molar-refractivity contribution in [3.8, 4) is 0 Å². The summed E-state index contributed by atoms with van der Waals surface area (Å²) in [5, 5.41) is 8.05. The third-order valence-corrected chi connectivity index (χ3v) is 6.30. The molecule has 2 heterocycles. The zero-order valence-corrected chi connectivity index (χ0v) is 20.2. The van der Waals surface area contributed by atoms with E-state index in [-0.39, 0.29) is 11.9 Å². The Morgan fingerprint density at radius 1 is 0.861 bits per heavy atom. The SMILES string of the molecule is Cc1cc(Sc2ccc(NC(=O)c3ccc(Nc4ccnc5cc(N)ccc45)cc3)cc2)nc(N)n1. The normalized spacial score (nSPS) is 10.8. The maximum Gasteiger partial charge on any atom is 0.255 e. The molecule has 5 rings (SSSR count). The molecular weight excluding hydrogens is 470 g/mol. The number of pyridine rings is 1. The highest BCUT2D eigenvalue weighted by Gasteiger charge is 2.09. The number of anilines is 5. The molecule has 0 aliphatic heterocycles.